The summed E-state index contributed by atoms with van der Waals surface area (Å²) in [5, 5.41) is 4.04. The lowest BCUT2D eigenvalue weighted by Crippen LogP contribution is -2.14. The van der Waals surface area contributed by atoms with Gasteiger partial charge in [-0.1, -0.05) is 12.1 Å². The molecule has 0 saturated heterocycles. The Morgan fingerprint density at radius 1 is 1.06 bits per heavy atom. The van der Waals surface area contributed by atoms with E-state index in [-0.39, 0.29) is 16.9 Å². The van der Waals surface area contributed by atoms with Gasteiger partial charge in [0.2, 0.25) is 0 Å². The molecule has 5 aromatic rings. The number of imidazole rings is 1. The number of hydrogen-bond acceptors (Lipinski definition) is 5. The summed E-state index contributed by atoms with van der Waals surface area (Å²) in [5.74, 6) is 0.674. The predicted octanol–water partition coefficient (Wildman–Crippen LogP) is 4.69. The summed E-state index contributed by atoms with van der Waals surface area (Å²) in [5.41, 5.74) is 2.00. The Morgan fingerprint density at radius 2 is 1.81 bits per heavy atom. The van der Waals surface area contributed by atoms with Crippen molar-refractivity contribution in [1.29, 1.82) is 0 Å². The molecule has 0 fully saturated rings. The first-order valence-electron chi connectivity index (χ1n) is 9.78. The summed E-state index contributed by atoms with van der Waals surface area (Å²) < 4.78 is 35.3. The second-order valence-corrected chi connectivity index (χ2v) is 7.18. The third-order valence-corrected chi connectivity index (χ3v) is 5.27. The van der Waals surface area contributed by atoms with Crippen LogP contribution in [-0.4, -0.2) is 37.2 Å². The van der Waals surface area contributed by atoms with Crippen molar-refractivity contribution >= 4 is 22.6 Å². The van der Waals surface area contributed by atoms with Crippen LogP contribution in [0.2, 0.25) is 0 Å². The number of para-hydroxylation sites is 2. The SMILES string of the molecule is COc1ccc(-c2cc(C(F)F)n3ncc(C(=O)n4c(C)nc5ccccc54)c3n2)cc1. The van der Waals surface area contributed by atoms with E-state index in [9.17, 15) is 13.6 Å². The lowest BCUT2D eigenvalue weighted by atomic mass is 10.1. The zero-order valence-corrected chi connectivity index (χ0v) is 17.2. The van der Waals surface area contributed by atoms with Crippen LogP contribution in [0.3, 0.4) is 0 Å². The molecule has 5 rings (SSSR count). The van der Waals surface area contributed by atoms with E-state index >= 15 is 0 Å². The molecule has 0 radical (unpaired) electrons. The van der Waals surface area contributed by atoms with Crippen molar-refractivity contribution in [2.75, 3.05) is 7.11 Å². The molecule has 0 spiro atoms. The minimum absolute atomic E-state index is 0.0517. The van der Waals surface area contributed by atoms with Crippen molar-refractivity contribution in [3.63, 3.8) is 0 Å². The summed E-state index contributed by atoms with van der Waals surface area (Å²) in [4.78, 5) is 22.4. The molecular formula is C23H17F2N5O2. The van der Waals surface area contributed by atoms with Crippen molar-refractivity contribution in [2.45, 2.75) is 13.3 Å². The van der Waals surface area contributed by atoms with Crippen molar-refractivity contribution in [1.82, 2.24) is 24.1 Å². The van der Waals surface area contributed by atoms with Gasteiger partial charge in [0.15, 0.2) is 5.65 Å². The second kappa shape index (κ2) is 7.52. The molecule has 0 saturated carbocycles. The maximum atomic E-state index is 13.9. The molecule has 2 aromatic carbocycles. The quantitative estimate of drug-likeness (QED) is 0.411. The molecule has 0 atom stereocenters. The molecule has 3 aromatic heterocycles. The molecule has 160 valence electrons. The summed E-state index contributed by atoms with van der Waals surface area (Å²) in [6, 6.07) is 15.4. The number of rotatable bonds is 4. The average Bonchev–Trinajstić information content (AvgIpc) is 3.38. The van der Waals surface area contributed by atoms with Gasteiger partial charge in [-0.15, -0.1) is 0 Å². The van der Waals surface area contributed by atoms with Crippen molar-refractivity contribution < 1.29 is 18.3 Å². The summed E-state index contributed by atoms with van der Waals surface area (Å²) in [6.07, 6.45) is -1.54. The molecule has 0 aliphatic heterocycles. The Kier molecular flexibility index (Phi) is 4.66. The van der Waals surface area contributed by atoms with Gasteiger partial charge in [-0.25, -0.2) is 23.3 Å². The number of carbonyl (C=O) groups excluding carboxylic acids is 1. The van der Waals surface area contributed by atoms with Crippen LogP contribution < -0.4 is 4.74 Å². The maximum Gasteiger partial charge on any atom is 0.280 e. The number of halogens is 2. The molecule has 32 heavy (non-hydrogen) atoms. The molecule has 9 heteroatoms. The van der Waals surface area contributed by atoms with Gasteiger partial charge in [-0.05, 0) is 49.4 Å². The van der Waals surface area contributed by atoms with Crippen LogP contribution in [0, 0.1) is 6.92 Å². The molecule has 0 unspecified atom stereocenters. The van der Waals surface area contributed by atoms with Crippen LogP contribution in [0.1, 0.15) is 28.3 Å². The van der Waals surface area contributed by atoms with Gasteiger partial charge >= 0.3 is 0 Å². The van der Waals surface area contributed by atoms with Crippen molar-refractivity contribution in [3.8, 4) is 17.0 Å². The number of benzene rings is 2. The highest BCUT2D eigenvalue weighted by Gasteiger charge is 2.24. The number of aromatic nitrogens is 5. The lowest BCUT2D eigenvalue weighted by Gasteiger charge is -2.09. The van der Waals surface area contributed by atoms with Crippen LogP contribution in [0.4, 0.5) is 8.78 Å². The molecule has 0 aliphatic carbocycles. The Balaban J connectivity index is 1.71. The van der Waals surface area contributed by atoms with E-state index < -0.39 is 12.3 Å². The number of ether oxygens (including phenoxy) is 1. The fraction of sp³-hybridized carbons (Fsp3) is 0.130. The van der Waals surface area contributed by atoms with Gasteiger partial charge < -0.3 is 4.74 Å². The first-order chi connectivity index (χ1) is 15.5. The summed E-state index contributed by atoms with van der Waals surface area (Å²) in [7, 11) is 1.54. The Morgan fingerprint density at radius 3 is 2.53 bits per heavy atom. The van der Waals surface area contributed by atoms with Crippen molar-refractivity contribution in [2.24, 2.45) is 0 Å². The highest BCUT2D eigenvalue weighted by molar-refractivity contribution is 6.05. The smallest absolute Gasteiger partial charge is 0.280 e. The van der Waals surface area contributed by atoms with Gasteiger partial charge in [-0.2, -0.15) is 5.10 Å². The maximum absolute atomic E-state index is 13.9. The average molecular weight is 433 g/mol. The number of methoxy groups -OCH3 is 1. The van der Waals surface area contributed by atoms with Gasteiger partial charge in [0, 0.05) is 5.56 Å². The summed E-state index contributed by atoms with van der Waals surface area (Å²) in [6.45, 7) is 1.71. The van der Waals surface area contributed by atoms with Gasteiger partial charge in [-0.3, -0.25) is 9.36 Å². The molecule has 3 heterocycles. The Bertz CT molecular complexity index is 1470. The monoisotopic (exact) mass is 433 g/mol. The number of aryl methyl sites for hydroxylation is 1. The second-order valence-electron chi connectivity index (χ2n) is 7.18. The van der Waals surface area contributed by atoms with E-state index in [1.807, 2.05) is 6.07 Å². The normalized spacial score (nSPS) is 11.5. The van der Waals surface area contributed by atoms with Gasteiger partial charge in [0.25, 0.3) is 12.3 Å². The lowest BCUT2D eigenvalue weighted by molar-refractivity contribution is 0.0963. The molecule has 0 bridgehead atoms. The highest BCUT2D eigenvalue weighted by atomic mass is 19.3. The molecule has 7 nitrogen and oxygen atoms in total. The van der Waals surface area contributed by atoms with E-state index in [0.717, 1.165) is 4.52 Å². The first-order valence-corrected chi connectivity index (χ1v) is 9.78. The zero-order valence-electron chi connectivity index (χ0n) is 17.2. The van der Waals surface area contributed by atoms with E-state index in [0.29, 0.717) is 33.9 Å². The molecule has 0 aliphatic rings. The Labute approximate surface area is 180 Å². The third kappa shape index (κ3) is 3.09. The Hall–Kier alpha value is -4.14. The fourth-order valence-corrected chi connectivity index (χ4v) is 3.73. The molecule has 0 N–H and O–H groups in total. The van der Waals surface area contributed by atoms with E-state index in [1.165, 1.54) is 16.8 Å². The van der Waals surface area contributed by atoms with Crippen molar-refractivity contribution in [3.05, 3.63) is 77.9 Å². The van der Waals surface area contributed by atoms with Crippen LogP contribution >= 0.6 is 0 Å². The highest BCUT2D eigenvalue weighted by Crippen LogP contribution is 2.28. The van der Waals surface area contributed by atoms with Gasteiger partial charge in [0.05, 0.1) is 30.0 Å². The minimum Gasteiger partial charge on any atom is -0.497 e. The fourth-order valence-electron chi connectivity index (χ4n) is 3.73. The van der Waals surface area contributed by atoms with E-state index in [4.69, 9.17) is 4.74 Å². The topological polar surface area (TPSA) is 74.3 Å². The number of hydrogen-bond donors (Lipinski definition) is 0. The number of alkyl halides is 2. The van der Waals surface area contributed by atoms with E-state index in [2.05, 4.69) is 15.1 Å². The predicted molar refractivity (Wildman–Crippen MR) is 114 cm³/mol. The molecule has 0 amide bonds. The van der Waals surface area contributed by atoms with Crippen LogP contribution in [-0.2, 0) is 0 Å². The minimum atomic E-state index is -2.81. The number of nitrogens with zero attached hydrogens (tertiary/aromatic N) is 5. The third-order valence-electron chi connectivity index (χ3n) is 5.27. The van der Waals surface area contributed by atoms with Crippen LogP contribution in [0.5, 0.6) is 5.75 Å². The van der Waals surface area contributed by atoms with Crippen LogP contribution in [0.25, 0.3) is 27.9 Å². The standard InChI is InChI=1S/C23H17F2N5O2/c1-13-27-17-5-3-4-6-19(17)29(13)23(31)16-12-26-30-20(21(24)25)11-18(28-22(16)30)14-7-9-15(32-2)10-8-14/h3-12,21H,1-2H3. The zero-order chi connectivity index (χ0) is 22.4. The number of fused-ring (bicyclic) bond motifs is 2. The largest absolute Gasteiger partial charge is 0.497 e. The van der Waals surface area contributed by atoms with Crippen LogP contribution in [0.15, 0.2) is 60.8 Å². The number of carbonyl (C=O) groups is 1. The van der Waals surface area contributed by atoms with E-state index in [1.54, 1.807) is 56.5 Å². The molecular weight excluding hydrogens is 416 g/mol. The summed E-state index contributed by atoms with van der Waals surface area (Å²) >= 11 is 0. The van der Waals surface area contributed by atoms with Gasteiger partial charge in [0.1, 0.15) is 22.8 Å². The first kappa shape index (κ1) is 19.8.